The van der Waals surface area contributed by atoms with Gasteiger partial charge in [-0.1, -0.05) is 13.8 Å². The number of aliphatic carboxylic acids is 1. The first-order valence-corrected chi connectivity index (χ1v) is 6.78. The van der Waals surface area contributed by atoms with Gasteiger partial charge in [-0.25, -0.2) is 9.59 Å². The zero-order valence-electron chi connectivity index (χ0n) is 11.1. The van der Waals surface area contributed by atoms with E-state index in [0.717, 1.165) is 12.8 Å². The van der Waals surface area contributed by atoms with Gasteiger partial charge in [-0.3, -0.25) is 0 Å². The lowest BCUT2D eigenvalue weighted by atomic mass is 9.91. The van der Waals surface area contributed by atoms with Crippen LogP contribution in [0, 0.1) is 17.8 Å². The molecule has 1 saturated carbocycles. The first-order chi connectivity index (χ1) is 8.50. The smallest absolute Gasteiger partial charge is 0.326 e. The number of piperidine rings is 1. The van der Waals surface area contributed by atoms with E-state index in [2.05, 4.69) is 12.2 Å². The van der Waals surface area contributed by atoms with Gasteiger partial charge < -0.3 is 15.3 Å². The van der Waals surface area contributed by atoms with Crippen molar-refractivity contribution in [3.8, 4) is 0 Å². The molecule has 1 heterocycles. The molecule has 0 aromatic carbocycles. The van der Waals surface area contributed by atoms with Gasteiger partial charge in [-0.15, -0.1) is 0 Å². The van der Waals surface area contributed by atoms with Crippen molar-refractivity contribution in [2.24, 2.45) is 17.8 Å². The molecule has 0 aromatic heterocycles. The molecule has 2 amide bonds. The molecule has 1 aliphatic heterocycles. The van der Waals surface area contributed by atoms with E-state index in [1.54, 1.807) is 0 Å². The summed E-state index contributed by atoms with van der Waals surface area (Å²) in [6, 6.07) is -0.886. The van der Waals surface area contributed by atoms with E-state index >= 15 is 0 Å². The summed E-state index contributed by atoms with van der Waals surface area (Å²) >= 11 is 0. The quantitative estimate of drug-likeness (QED) is 0.802. The number of amides is 2. The minimum atomic E-state index is -0.892. The van der Waals surface area contributed by atoms with Crippen LogP contribution < -0.4 is 5.32 Å². The normalized spacial score (nSPS) is 35.1. The molecule has 0 spiro atoms. The molecular formula is C13H22N2O3. The molecule has 2 N–H and O–H groups in total. The summed E-state index contributed by atoms with van der Waals surface area (Å²) in [4.78, 5) is 24.8. The Morgan fingerprint density at radius 1 is 1.33 bits per heavy atom. The average Bonchev–Trinajstić information content (AvgIpc) is 3.01. The van der Waals surface area contributed by atoms with E-state index in [1.165, 1.54) is 11.3 Å². The average molecular weight is 254 g/mol. The van der Waals surface area contributed by atoms with Gasteiger partial charge >= 0.3 is 12.0 Å². The molecule has 2 rings (SSSR count). The highest BCUT2D eigenvalue weighted by Crippen LogP contribution is 2.36. The third-order valence-electron chi connectivity index (χ3n) is 4.24. The SMILES string of the molecule is CC1CC1CNC(=O)N1CCCC(C)C1C(=O)O. The lowest BCUT2D eigenvalue weighted by Crippen LogP contribution is -2.55. The van der Waals surface area contributed by atoms with Crippen molar-refractivity contribution in [1.29, 1.82) is 0 Å². The first kappa shape index (κ1) is 13.2. The fraction of sp³-hybridized carbons (Fsp3) is 0.846. The Morgan fingerprint density at radius 3 is 2.56 bits per heavy atom. The lowest BCUT2D eigenvalue weighted by molar-refractivity contribution is -0.145. The third kappa shape index (κ3) is 2.76. The zero-order valence-corrected chi connectivity index (χ0v) is 11.1. The molecule has 5 nitrogen and oxygen atoms in total. The van der Waals surface area contributed by atoms with Gasteiger partial charge in [0.05, 0.1) is 0 Å². The van der Waals surface area contributed by atoms with Gasteiger partial charge in [0.1, 0.15) is 6.04 Å². The van der Waals surface area contributed by atoms with Crippen molar-refractivity contribution in [2.45, 2.75) is 39.2 Å². The van der Waals surface area contributed by atoms with E-state index in [0.29, 0.717) is 24.9 Å². The maximum Gasteiger partial charge on any atom is 0.326 e. The summed E-state index contributed by atoms with van der Waals surface area (Å²) in [5.74, 6) is 0.416. The Labute approximate surface area is 108 Å². The largest absolute Gasteiger partial charge is 0.480 e. The first-order valence-electron chi connectivity index (χ1n) is 6.78. The van der Waals surface area contributed by atoms with Crippen LogP contribution in [0.4, 0.5) is 4.79 Å². The van der Waals surface area contributed by atoms with Crippen LogP contribution in [0.5, 0.6) is 0 Å². The fourth-order valence-electron chi connectivity index (χ4n) is 2.80. The highest BCUT2D eigenvalue weighted by atomic mass is 16.4. The van der Waals surface area contributed by atoms with Crippen molar-refractivity contribution in [1.82, 2.24) is 10.2 Å². The van der Waals surface area contributed by atoms with Crippen LogP contribution in [0.3, 0.4) is 0 Å². The molecule has 2 fully saturated rings. The predicted molar refractivity (Wildman–Crippen MR) is 67.2 cm³/mol. The van der Waals surface area contributed by atoms with E-state index in [9.17, 15) is 14.7 Å². The minimum absolute atomic E-state index is 0.0295. The Morgan fingerprint density at radius 2 is 2.00 bits per heavy atom. The molecule has 0 aromatic rings. The van der Waals surface area contributed by atoms with Crippen LogP contribution in [0.15, 0.2) is 0 Å². The Kier molecular flexibility index (Phi) is 3.78. The number of likely N-dealkylation sites (tertiary alicyclic amines) is 1. The topological polar surface area (TPSA) is 69.6 Å². The van der Waals surface area contributed by atoms with Crippen molar-refractivity contribution in [2.75, 3.05) is 13.1 Å². The highest BCUT2D eigenvalue weighted by molar-refractivity contribution is 5.83. The Bertz CT molecular complexity index is 345. The second-order valence-electron chi connectivity index (χ2n) is 5.76. The molecule has 4 unspecified atom stereocenters. The van der Waals surface area contributed by atoms with Gasteiger partial charge in [-0.2, -0.15) is 0 Å². The second-order valence-corrected chi connectivity index (χ2v) is 5.76. The molecular weight excluding hydrogens is 232 g/mol. The van der Waals surface area contributed by atoms with Crippen LogP contribution >= 0.6 is 0 Å². The van der Waals surface area contributed by atoms with Gasteiger partial charge in [0.2, 0.25) is 0 Å². The van der Waals surface area contributed by atoms with Crippen LogP contribution in [-0.4, -0.2) is 41.1 Å². The summed E-state index contributed by atoms with van der Waals surface area (Å²) in [7, 11) is 0. The maximum absolute atomic E-state index is 12.0. The number of nitrogens with zero attached hydrogens (tertiary/aromatic N) is 1. The molecule has 4 atom stereocenters. The van der Waals surface area contributed by atoms with Gasteiger partial charge in [-0.05, 0) is 37.0 Å². The van der Waals surface area contributed by atoms with Gasteiger partial charge in [0.25, 0.3) is 0 Å². The van der Waals surface area contributed by atoms with E-state index in [4.69, 9.17) is 0 Å². The fourth-order valence-corrected chi connectivity index (χ4v) is 2.80. The molecule has 1 saturated heterocycles. The Balaban J connectivity index is 1.91. The standard InChI is InChI=1S/C13H22N2O3/c1-8-4-3-5-15(11(8)12(16)17)13(18)14-7-10-6-9(10)2/h8-11H,3-7H2,1-2H3,(H,14,18)(H,16,17). The summed E-state index contributed by atoms with van der Waals surface area (Å²) in [5, 5.41) is 12.1. The van der Waals surface area contributed by atoms with E-state index in [1.807, 2.05) is 6.92 Å². The maximum atomic E-state index is 12.0. The Hall–Kier alpha value is -1.26. The summed E-state index contributed by atoms with van der Waals surface area (Å²) in [6.45, 7) is 5.30. The summed E-state index contributed by atoms with van der Waals surface area (Å²) < 4.78 is 0. The second kappa shape index (κ2) is 5.16. The number of nitrogens with one attached hydrogen (secondary N) is 1. The van der Waals surface area contributed by atoms with Crippen LogP contribution in [0.2, 0.25) is 0 Å². The number of hydrogen-bond acceptors (Lipinski definition) is 2. The third-order valence-corrected chi connectivity index (χ3v) is 4.24. The van der Waals surface area contributed by atoms with E-state index in [-0.39, 0.29) is 11.9 Å². The summed E-state index contributed by atoms with van der Waals surface area (Å²) in [5.41, 5.74) is 0. The molecule has 0 radical (unpaired) electrons. The summed E-state index contributed by atoms with van der Waals surface area (Å²) in [6.07, 6.45) is 2.93. The van der Waals surface area contributed by atoms with Gasteiger partial charge in [0.15, 0.2) is 0 Å². The number of hydrogen-bond donors (Lipinski definition) is 2. The van der Waals surface area contributed by atoms with Crippen LogP contribution in [0.1, 0.15) is 33.1 Å². The van der Waals surface area contributed by atoms with Crippen molar-refractivity contribution < 1.29 is 14.7 Å². The molecule has 2 aliphatic rings. The molecule has 5 heteroatoms. The highest BCUT2D eigenvalue weighted by Gasteiger charge is 2.38. The number of carbonyl (C=O) groups is 2. The van der Waals surface area contributed by atoms with Crippen molar-refractivity contribution in [3.05, 3.63) is 0 Å². The molecule has 0 bridgehead atoms. The number of carbonyl (C=O) groups excluding carboxylic acids is 1. The van der Waals surface area contributed by atoms with E-state index < -0.39 is 12.0 Å². The van der Waals surface area contributed by atoms with Crippen molar-refractivity contribution in [3.63, 3.8) is 0 Å². The predicted octanol–water partition coefficient (Wildman–Crippen LogP) is 1.54. The minimum Gasteiger partial charge on any atom is -0.480 e. The lowest BCUT2D eigenvalue weighted by Gasteiger charge is -2.37. The van der Waals surface area contributed by atoms with Crippen LogP contribution in [0.25, 0.3) is 0 Å². The monoisotopic (exact) mass is 254 g/mol. The molecule has 18 heavy (non-hydrogen) atoms. The number of carboxylic acid groups (broad SMARTS) is 1. The van der Waals surface area contributed by atoms with Gasteiger partial charge in [0, 0.05) is 13.1 Å². The van der Waals surface area contributed by atoms with Crippen molar-refractivity contribution >= 4 is 12.0 Å². The number of rotatable bonds is 3. The zero-order chi connectivity index (χ0) is 13.3. The molecule has 1 aliphatic carbocycles. The molecule has 102 valence electrons. The number of carboxylic acids is 1. The number of urea groups is 1. The van der Waals surface area contributed by atoms with Crippen LogP contribution in [-0.2, 0) is 4.79 Å².